The quantitative estimate of drug-likeness (QED) is 0.0115. The fraction of sp³-hybridized carbons (Fsp3) is 0.564. The lowest BCUT2D eigenvalue weighted by molar-refractivity contribution is -0.138. The van der Waals surface area contributed by atoms with Crippen LogP contribution < -0.4 is 114 Å². The minimum atomic E-state index is -1.88. The average molecular weight is 1750 g/mol. The molecule has 1 fully saturated rings. The Bertz CT molecular complexity index is 4330. The average Bonchev–Trinajstić information content (AvgIpc) is 1.64. The van der Waals surface area contributed by atoms with E-state index in [4.69, 9.17) is 39.8 Å². The van der Waals surface area contributed by atoms with Crippen LogP contribution in [0.25, 0.3) is 21.8 Å². The molecule has 0 radical (unpaired) electrons. The molecule has 42 nitrogen and oxygen atoms in total. The maximum absolute atomic E-state index is 15.0. The van der Waals surface area contributed by atoms with Gasteiger partial charge in [-0.25, -0.2) is 0 Å². The molecular formula is C78H120N24O18S2. The summed E-state index contributed by atoms with van der Waals surface area (Å²) in [5.74, 6) is -20.3. The Morgan fingerprint density at radius 3 is 1.41 bits per heavy atom. The van der Waals surface area contributed by atoms with Crippen molar-refractivity contribution in [3.63, 3.8) is 0 Å². The van der Waals surface area contributed by atoms with Crippen LogP contribution in [-0.4, -0.2) is 244 Å². The zero-order valence-corrected chi connectivity index (χ0v) is 71.3. The zero-order valence-electron chi connectivity index (χ0n) is 69.7. The highest BCUT2D eigenvalue weighted by Crippen LogP contribution is 2.26. The number of nitrogens with two attached hydrogens (primary N) is 6. The second-order valence-corrected chi connectivity index (χ2v) is 33.1. The lowest BCUT2D eigenvalue weighted by Gasteiger charge is -2.30. The molecule has 0 spiro atoms. The van der Waals surface area contributed by atoms with Crippen LogP contribution in [0.3, 0.4) is 0 Å². The van der Waals surface area contributed by atoms with E-state index < -0.39 is 235 Å². The second kappa shape index (κ2) is 50.6. The maximum atomic E-state index is 15.0. The van der Waals surface area contributed by atoms with Crippen molar-refractivity contribution < 1.29 is 86.6 Å². The molecule has 44 heteroatoms. The number of hydrogen-bond donors (Lipinski definition) is 25. The molecule has 1 aliphatic rings. The molecule has 672 valence electrons. The van der Waals surface area contributed by atoms with Gasteiger partial charge in [-0.2, -0.15) is 0 Å². The van der Waals surface area contributed by atoms with E-state index >= 15 is 4.79 Å². The highest BCUT2D eigenvalue weighted by atomic mass is 33.1. The summed E-state index contributed by atoms with van der Waals surface area (Å²) in [5.41, 5.74) is 36.6. The van der Waals surface area contributed by atoms with E-state index in [0.29, 0.717) is 39.4 Å². The Kier molecular flexibility index (Phi) is 41.8. The third-order valence-corrected chi connectivity index (χ3v) is 22.5. The van der Waals surface area contributed by atoms with Gasteiger partial charge in [0.25, 0.3) is 0 Å². The van der Waals surface area contributed by atoms with E-state index in [0.717, 1.165) is 35.4 Å². The van der Waals surface area contributed by atoms with E-state index in [2.05, 4.69) is 89.7 Å². The molecule has 2 aromatic heterocycles. The Morgan fingerprint density at radius 1 is 0.484 bits per heavy atom. The monoisotopic (exact) mass is 1740 g/mol. The van der Waals surface area contributed by atoms with E-state index in [1.807, 2.05) is 0 Å². The summed E-state index contributed by atoms with van der Waals surface area (Å²) in [7, 11) is 1.80. The van der Waals surface area contributed by atoms with Gasteiger partial charge in [-0.1, -0.05) is 106 Å². The van der Waals surface area contributed by atoms with Crippen molar-refractivity contribution in [3.8, 4) is 0 Å². The van der Waals surface area contributed by atoms with Crippen molar-refractivity contribution in [2.75, 3.05) is 37.7 Å². The summed E-state index contributed by atoms with van der Waals surface area (Å²) in [5, 5.41) is 58.7. The third kappa shape index (κ3) is 32.7. The first-order valence-corrected chi connectivity index (χ1v) is 42.8. The Morgan fingerprint density at radius 2 is 0.910 bits per heavy atom. The van der Waals surface area contributed by atoms with Gasteiger partial charge in [0.1, 0.15) is 78.5 Å². The highest BCUT2D eigenvalue weighted by Gasteiger charge is 2.40. The normalized spacial score (nSPS) is 24.1. The van der Waals surface area contributed by atoms with Crippen molar-refractivity contribution in [3.05, 3.63) is 72.1 Å². The number of para-hydroxylation sites is 2. The molecular weight excluding hydrogens is 1630 g/mol. The SMILES string of the molecule is CC[C@H](C)[C@@H]1NC(=O)[C@H](Cc2c[nH]c3ccccc23)NC(=O)[C@H](CCCN)NC(=O)CNC(=O)[C@H](CC(N)=O)NC(=O)[C@H](C(C)C)NC(=O)[C@H]([C@@H](C)O)NC(=O)[C@H](C(C)C)NC(=O)[C@H](Cc2c[nH]c3ccccc23)NC(=O)[C@H](CCCNC(=N)N)NC(=O)[C@@H](NC(C)=O)CSSC[C@@H](C(N)=O)NC(=O)[C@H](CCC(N)=O)NC(=O)[C@H](CCCCN)NC1=O. The number of unbranched alkanes of at least 4 members (excludes halogenated alkanes) is 1. The topological polar surface area (TPSA) is 702 Å². The maximum Gasteiger partial charge on any atom is 0.245 e. The van der Waals surface area contributed by atoms with Gasteiger partial charge in [0.2, 0.25) is 100 Å². The lowest BCUT2D eigenvalue weighted by atomic mass is 9.96. The number of nitrogens with one attached hydrogen (secondary N) is 18. The number of benzene rings is 2. The fourth-order valence-corrected chi connectivity index (χ4v) is 15.4. The molecule has 4 aromatic rings. The van der Waals surface area contributed by atoms with Crippen molar-refractivity contribution >= 4 is 150 Å². The summed E-state index contributed by atoms with van der Waals surface area (Å²) in [6.07, 6.45) is -0.346. The summed E-state index contributed by atoms with van der Waals surface area (Å²) >= 11 is 0. The molecule has 122 heavy (non-hydrogen) atoms. The number of fused-ring (bicyclic) bond motifs is 2. The molecule has 2 aromatic carbocycles. The zero-order chi connectivity index (χ0) is 90.6. The van der Waals surface area contributed by atoms with Gasteiger partial charge in [0.05, 0.1) is 19.1 Å². The minimum Gasteiger partial charge on any atom is -0.391 e. The van der Waals surface area contributed by atoms with Crippen molar-refractivity contribution in [2.45, 2.75) is 224 Å². The smallest absolute Gasteiger partial charge is 0.245 e. The number of amides is 17. The molecule has 1 saturated heterocycles. The number of carbonyl (C=O) groups is 17. The van der Waals surface area contributed by atoms with Gasteiger partial charge >= 0.3 is 0 Å². The molecule has 0 aliphatic carbocycles. The van der Waals surface area contributed by atoms with Crippen LogP contribution in [0, 0.1) is 23.2 Å². The Hall–Kier alpha value is -11.6. The van der Waals surface area contributed by atoms with E-state index in [1.165, 1.54) is 27.7 Å². The van der Waals surface area contributed by atoms with Gasteiger partial charge in [0.15, 0.2) is 5.96 Å². The van der Waals surface area contributed by atoms with Gasteiger partial charge < -0.3 is 129 Å². The number of H-pyrrole nitrogens is 2. The standard InChI is InChI=1S/C78H120N24O18S2/c1-9-40(6)63-76(119)94-50(22-14-15-27-79)68(111)93-52(25-26-58(81)105)70(113)98-56(65(83)108)36-121-122-37-57(90-42(8)104)73(116)92-51(24-17-29-86-78(84)85)69(112)96-53(30-43-33-87-47-20-12-10-18-45(43)47)71(114)99-62(39(4)5)75(118)102-64(41(7)103)77(120)100-61(38(2)3)74(117)97-55(32-59(82)106)66(109)89-35-60(107)91-49(23-16-28-80)67(110)95-54(72(115)101-63)31-44-34-88-48-21-13-11-19-46(44)48/h10-13,18-21,33-34,38-41,49-57,61-64,87-88,103H,9,14-17,22-32,35-37,79-80H2,1-8H3,(H2,81,105)(H2,82,106)(H2,83,108)(H,89,109)(H,90,104)(H,91,107)(H,92,116)(H,93,111)(H,94,119)(H,95,110)(H,96,112)(H,97,117)(H,98,113)(H,99,114)(H,100,120)(H,101,115)(H,102,118)(H4,84,85,86)/t40-,41+,49-,50-,51-,52-,53-,54-,55-,56-,57-,61-,62-,63-,64-/m0/s1. The number of aromatic nitrogens is 2. The predicted molar refractivity (Wildman–Crippen MR) is 455 cm³/mol. The first-order chi connectivity index (χ1) is 57.8. The minimum absolute atomic E-state index is 0.000837. The molecule has 3 heterocycles. The second-order valence-electron chi connectivity index (χ2n) is 30.6. The fourth-order valence-electron chi connectivity index (χ4n) is 13.0. The van der Waals surface area contributed by atoms with Gasteiger partial charge in [-0.05, 0) is 112 Å². The number of rotatable bonds is 27. The number of hydrogen-bond acceptors (Lipinski definition) is 23. The van der Waals surface area contributed by atoms with Crippen LogP contribution in [0.5, 0.6) is 0 Å². The number of aliphatic hydroxyl groups is 1. The van der Waals surface area contributed by atoms with Crippen molar-refractivity contribution in [1.29, 1.82) is 5.41 Å². The summed E-state index contributed by atoms with van der Waals surface area (Å²) in [4.78, 5) is 247. The molecule has 31 N–H and O–H groups in total. The first kappa shape index (κ1) is 101. The van der Waals surface area contributed by atoms with Crippen LogP contribution >= 0.6 is 21.6 Å². The third-order valence-electron chi connectivity index (χ3n) is 20.0. The molecule has 0 bridgehead atoms. The number of primary amides is 3. The van der Waals surface area contributed by atoms with E-state index in [1.54, 1.807) is 74.8 Å². The molecule has 1 aliphatic heterocycles. The van der Waals surface area contributed by atoms with Crippen LogP contribution in [0.2, 0.25) is 0 Å². The van der Waals surface area contributed by atoms with Gasteiger partial charge in [-0.15, -0.1) is 0 Å². The molecule has 17 amide bonds. The van der Waals surface area contributed by atoms with Crippen LogP contribution in [0.1, 0.15) is 137 Å². The van der Waals surface area contributed by atoms with Gasteiger partial charge in [0, 0.05) is 78.4 Å². The largest absolute Gasteiger partial charge is 0.391 e. The lowest BCUT2D eigenvalue weighted by Crippen LogP contribution is -2.63. The van der Waals surface area contributed by atoms with E-state index in [-0.39, 0.29) is 88.9 Å². The molecule has 0 saturated carbocycles. The molecule has 15 atom stereocenters. The molecule has 5 rings (SSSR count). The number of carbonyl (C=O) groups excluding carboxylic acids is 17. The highest BCUT2D eigenvalue weighted by molar-refractivity contribution is 8.76. The Balaban J connectivity index is 1.61. The van der Waals surface area contributed by atoms with Gasteiger partial charge in [-0.3, -0.25) is 86.9 Å². The number of aromatic amines is 2. The summed E-state index contributed by atoms with van der Waals surface area (Å²) in [6.45, 7) is 10.9. The summed E-state index contributed by atoms with van der Waals surface area (Å²) < 4.78 is 0. The van der Waals surface area contributed by atoms with E-state index in [9.17, 15) is 81.8 Å². The van der Waals surface area contributed by atoms with Crippen LogP contribution in [0.4, 0.5) is 0 Å². The number of aliphatic hydroxyl groups excluding tert-OH is 1. The first-order valence-electron chi connectivity index (χ1n) is 40.3. The van der Waals surface area contributed by atoms with Crippen molar-refractivity contribution in [1.82, 2.24) is 89.7 Å². The Labute approximate surface area is 713 Å². The number of guanidine groups is 1. The van der Waals surface area contributed by atoms with Crippen LogP contribution in [-0.2, 0) is 94.3 Å². The molecule has 0 unspecified atom stereocenters. The summed E-state index contributed by atoms with van der Waals surface area (Å²) in [6, 6.07) is -6.59. The van der Waals surface area contributed by atoms with Crippen molar-refractivity contribution in [2.24, 2.45) is 52.2 Å². The van der Waals surface area contributed by atoms with Crippen LogP contribution in [0.15, 0.2) is 60.9 Å². The predicted octanol–water partition coefficient (Wildman–Crippen LogP) is -5.24.